The van der Waals surface area contributed by atoms with Crippen molar-refractivity contribution < 1.29 is 18.8 Å². The maximum atomic E-state index is 11.3. The summed E-state index contributed by atoms with van der Waals surface area (Å²) in [5.41, 5.74) is 2.27. The molecule has 0 unspecified atom stereocenters. The lowest BCUT2D eigenvalue weighted by Crippen LogP contribution is -2.37. The fraction of sp³-hybridized carbons (Fsp3) is 0.250. The first kappa shape index (κ1) is 23.8. The third kappa shape index (κ3) is 5.94. The van der Waals surface area contributed by atoms with Crippen molar-refractivity contribution in [1.82, 2.24) is 4.57 Å². The van der Waals surface area contributed by atoms with E-state index in [4.69, 9.17) is 8.92 Å². The molecule has 0 atom stereocenters. The van der Waals surface area contributed by atoms with Crippen LogP contribution in [0.2, 0.25) is 0 Å². The average molecular weight is 476 g/mol. The van der Waals surface area contributed by atoms with E-state index in [0.29, 0.717) is 5.75 Å². The standard InChI is InChI=1S/C28H29NO4S/c1-20-9-12-25(13-10-20)34-33-24-11-14-26-22(19-24)15-17-29(26)16-5-7-21-6-4-8-23(18-21)32-28(2,3)27(30)31/h4,6,8-15,17-19H,5,7,16H2,1-3H3,(H,30,31). The molecule has 0 radical (unpaired) electrons. The van der Waals surface area contributed by atoms with Gasteiger partial charge in [-0.15, -0.1) is 0 Å². The lowest BCUT2D eigenvalue weighted by molar-refractivity contribution is -0.152. The van der Waals surface area contributed by atoms with E-state index in [1.807, 2.05) is 24.3 Å². The molecule has 0 saturated carbocycles. The molecule has 0 saturated heterocycles. The number of nitrogens with zero attached hydrogens (tertiary/aromatic N) is 1. The number of aliphatic carboxylic acids is 1. The van der Waals surface area contributed by atoms with E-state index in [0.717, 1.165) is 41.0 Å². The highest BCUT2D eigenvalue weighted by molar-refractivity contribution is 7.95. The molecule has 1 N–H and O–H groups in total. The van der Waals surface area contributed by atoms with Crippen LogP contribution in [0.1, 0.15) is 31.4 Å². The zero-order valence-corrected chi connectivity index (χ0v) is 20.5. The fourth-order valence-corrected chi connectivity index (χ4v) is 4.21. The lowest BCUT2D eigenvalue weighted by atomic mass is 10.1. The summed E-state index contributed by atoms with van der Waals surface area (Å²) >= 11 is 1.37. The van der Waals surface area contributed by atoms with Crippen LogP contribution < -0.4 is 8.92 Å². The molecule has 0 aliphatic rings. The Balaban J connectivity index is 1.34. The van der Waals surface area contributed by atoms with Gasteiger partial charge in [0, 0.05) is 28.5 Å². The second kappa shape index (κ2) is 10.3. The van der Waals surface area contributed by atoms with Crippen molar-refractivity contribution in [3.8, 4) is 11.5 Å². The Labute approximate surface area is 204 Å². The fourth-order valence-electron chi connectivity index (χ4n) is 3.67. The summed E-state index contributed by atoms with van der Waals surface area (Å²) in [6, 6.07) is 24.2. The van der Waals surface area contributed by atoms with Crippen molar-refractivity contribution in [2.45, 2.75) is 50.7 Å². The van der Waals surface area contributed by atoms with Crippen LogP contribution in [0, 0.1) is 6.92 Å². The molecule has 1 heterocycles. The Morgan fingerprint density at radius 1 is 1.00 bits per heavy atom. The molecule has 0 aliphatic carbocycles. The molecular weight excluding hydrogens is 446 g/mol. The van der Waals surface area contributed by atoms with Crippen LogP contribution in [-0.4, -0.2) is 21.2 Å². The highest BCUT2D eigenvalue weighted by Gasteiger charge is 2.29. The number of rotatable bonds is 10. The number of carboxylic acids is 1. The Morgan fingerprint density at radius 3 is 2.56 bits per heavy atom. The first-order valence-corrected chi connectivity index (χ1v) is 12.1. The third-order valence-corrected chi connectivity index (χ3v) is 6.39. The van der Waals surface area contributed by atoms with E-state index in [1.165, 1.54) is 23.1 Å². The maximum Gasteiger partial charge on any atom is 0.347 e. The minimum absolute atomic E-state index is 0.576. The smallest absolute Gasteiger partial charge is 0.347 e. The van der Waals surface area contributed by atoms with Gasteiger partial charge in [0.2, 0.25) is 0 Å². The Kier molecular flexibility index (Phi) is 7.17. The molecule has 0 aliphatic heterocycles. The van der Waals surface area contributed by atoms with Crippen molar-refractivity contribution >= 4 is 28.9 Å². The predicted octanol–water partition coefficient (Wildman–Crippen LogP) is 6.91. The number of carboxylic acid groups (broad SMARTS) is 1. The van der Waals surface area contributed by atoms with Crippen molar-refractivity contribution in [3.63, 3.8) is 0 Å². The van der Waals surface area contributed by atoms with Gasteiger partial charge in [0.15, 0.2) is 5.60 Å². The van der Waals surface area contributed by atoms with Crippen molar-refractivity contribution in [2.24, 2.45) is 0 Å². The van der Waals surface area contributed by atoms with Gasteiger partial charge in [-0.1, -0.05) is 29.8 Å². The zero-order chi connectivity index (χ0) is 24.1. The summed E-state index contributed by atoms with van der Waals surface area (Å²) in [5.74, 6) is 0.420. The predicted molar refractivity (Wildman–Crippen MR) is 137 cm³/mol. The van der Waals surface area contributed by atoms with Gasteiger partial charge in [0.25, 0.3) is 0 Å². The van der Waals surface area contributed by atoms with Gasteiger partial charge in [-0.3, -0.25) is 0 Å². The number of aromatic nitrogens is 1. The molecule has 176 valence electrons. The summed E-state index contributed by atoms with van der Waals surface area (Å²) in [6.07, 6.45) is 3.94. The summed E-state index contributed by atoms with van der Waals surface area (Å²) in [4.78, 5) is 12.4. The minimum atomic E-state index is -1.26. The van der Waals surface area contributed by atoms with Crippen LogP contribution in [0.25, 0.3) is 10.9 Å². The van der Waals surface area contributed by atoms with Gasteiger partial charge in [-0.2, -0.15) is 0 Å². The molecule has 3 aromatic carbocycles. The number of aryl methyl sites for hydroxylation is 3. The van der Waals surface area contributed by atoms with E-state index in [1.54, 1.807) is 19.9 Å². The Hall–Kier alpha value is -3.38. The van der Waals surface area contributed by atoms with Gasteiger partial charge in [0.05, 0.1) is 12.0 Å². The molecule has 0 amide bonds. The number of hydrogen-bond acceptors (Lipinski definition) is 4. The Bertz CT molecular complexity index is 1280. The minimum Gasteiger partial charge on any atom is -0.478 e. The second-order valence-electron chi connectivity index (χ2n) is 8.88. The maximum absolute atomic E-state index is 11.3. The van der Waals surface area contributed by atoms with E-state index in [2.05, 4.69) is 60.2 Å². The quantitative estimate of drug-likeness (QED) is 0.253. The van der Waals surface area contributed by atoms with Gasteiger partial charge >= 0.3 is 5.97 Å². The van der Waals surface area contributed by atoms with Gasteiger partial charge in [-0.25, -0.2) is 4.79 Å². The summed E-state index contributed by atoms with van der Waals surface area (Å²) in [5, 5.41) is 10.4. The third-order valence-electron chi connectivity index (χ3n) is 5.65. The highest BCUT2D eigenvalue weighted by atomic mass is 32.2. The zero-order valence-electron chi connectivity index (χ0n) is 19.7. The molecule has 0 spiro atoms. The molecule has 4 aromatic rings. The largest absolute Gasteiger partial charge is 0.478 e. The number of fused-ring (bicyclic) bond motifs is 1. The monoisotopic (exact) mass is 475 g/mol. The summed E-state index contributed by atoms with van der Waals surface area (Å²) in [6.45, 7) is 6.06. The topological polar surface area (TPSA) is 60.7 Å². The van der Waals surface area contributed by atoms with Gasteiger partial charge < -0.3 is 18.6 Å². The van der Waals surface area contributed by atoms with Gasteiger partial charge in [0.1, 0.15) is 11.5 Å². The van der Waals surface area contributed by atoms with Crippen molar-refractivity contribution in [1.29, 1.82) is 0 Å². The molecule has 0 bridgehead atoms. The highest BCUT2D eigenvalue weighted by Crippen LogP contribution is 2.28. The first-order chi connectivity index (χ1) is 16.3. The van der Waals surface area contributed by atoms with Crippen LogP contribution in [-0.2, 0) is 17.8 Å². The number of hydrogen-bond donors (Lipinski definition) is 1. The van der Waals surface area contributed by atoms with Crippen LogP contribution in [0.15, 0.2) is 83.9 Å². The summed E-state index contributed by atoms with van der Waals surface area (Å²) < 4.78 is 13.8. The van der Waals surface area contributed by atoms with Crippen molar-refractivity contribution in [3.05, 3.63) is 90.1 Å². The normalized spacial score (nSPS) is 11.5. The molecule has 4 rings (SSSR count). The lowest BCUT2D eigenvalue weighted by Gasteiger charge is -2.21. The summed E-state index contributed by atoms with van der Waals surface area (Å²) in [7, 11) is 0. The molecule has 0 fully saturated rings. The second-order valence-corrected chi connectivity index (χ2v) is 9.68. The first-order valence-electron chi connectivity index (χ1n) is 11.3. The number of benzene rings is 3. The molecule has 1 aromatic heterocycles. The Morgan fingerprint density at radius 2 is 1.79 bits per heavy atom. The van der Waals surface area contributed by atoms with E-state index in [-0.39, 0.29) is 0 Å². The van der Waals surface area contributed by atoms with Crippen molar-refractivity contribution in [2.75, 3.05) is 0 Å². The molecular formula is C28H29NO4S. The van der Waals surface area contributed by atoms with Crippen LogP contribution in [0.5, 0.6) is 11.5 Å². The average Bonchev–Trinajstić information content (AvgIpc) is 3.21. The SMILES string of the molecule is Cc1ccc(SOc2ccc3c(ccn3CCCc3cccc(OC(C)(C)C(=O)O)c3)c2)cc1. The van der Waals surface area contributed by atoms with Crippen LogP contribution in [0.3, 0.4) is 0 Å². The van der Waals surface area contributed by atoms with E-state index >= 15 is 0 Å². The molecule has 6 heteroatoms. The van der Waals surface area contributed by atoms with E-state index < -0.39 is 11.6 Å². The van der Waals surface area contributed by atoms with E-state index in [9.17, 15) is 9.90 Å². The van der Waals surface area contributed by atoms with Crippen LogP contribution in [0.4, 0.5) is 0 Å². The molecule has 5 nitrogen and oxygen atoms in total. The molecule has 34 heavy (non-hydrogen) atoms. The number of ether oxygens (including phenoxy) is 1. The van der Waals surface area contributed by atoms with Gasteiger partial charge in [-0.05, 0) is 87.7 Å². The number of carbonyl (C=O) groups is 1. The van der Waals surface area contributed by atoms with Crippen LogP contribution >= 0.6 is 12.0 Å².